The molecular weight excluding hydrogens is 298 g/mol. The Hall–Kier alpha value is -1.11. The summed E-state index contributed by atoms with van der Waals surface area (Å²) in [6.45, 7) is 7.00. The number of amides is 1. The first-order chi connectivity index (χ1) is 10.8. The van der Waals surface area contributed by atoms with E-state index in [1.54, 1.807) is 7.11 Å². The summed E-state index contributed by atoms with van der Waals surface area (Å²) in [5.41, 5.74) is 5.98. The van der Waals surface area contributed by atoms with Crippen LogP contribution >= 0.6 is 0 Å². The molecule has 0 aromatic carbocycles. The molecule has 1 saturated carbocycles. The molecule has 23 heavy (non-hydrogen) atoms. The number of carbonyl (C=O) groups excluding carboxylic acids is 1. The molecule has 6 atom stereocenters. The Labute approximate surface area is 137 Å². The van der Waals surface area contributed by atoms with Gasteiger partial charge in [0.25, 0.3) is 0 Å². The Balaban J connectivity index is 1.79. The van der Waals surface area contributed by atoms with Crippen LogP contribution in [0.25, 0.3) is 0 Å². The summed E-state index contributed by atoms with van der Waals surface area (Å²) >= 11 is 0. The van der Waals surface area contributed by atoms with Crippen LogP contribution in [0, 0.1) is 5.92 Å². The summed E-state index contributed by atoms with van der Waals surface area (Å²) in [4.78, 5) is 11.2. The fourth-order valence-corrected chi connectivity index (χ4v) is 4.22. The SMILES string of the molecule is CO[C@H]1[C@H](C2(C)O[C@@H]2CC=C(C)C)[C@]2(CC[C@H]1OC(N)=O)CO2. The summed E-state index contributed by atoms with van der Waals surface area (Å²) < 4.78 is 22.9. The lowest BCUT2D eigenvalue weighted by atomic mass is 9.68. The summed E-state index contributed by atoms with van der Waals surface area (Å²) in [5.74, 6) is 0.0358. The molecule has 1 spiro atoms. The minimum absolute atomic E-state index is 0.0358. The molecule has 3 fully saturated rings. The van der Waals surface area contributed by atoms with Gasteiger partial charge in [0.1, 0.15) is 23.4 Å². The predicted molar refractivity (Wildman–Crippen MR) is 84.0 cm³/mol. The monoisotopic (exact) mass is 325 g/mol. The number of primary amides is 1. The van der Waals surface area contributed by atoms with Crippen LogP contribution in [0.1, 0.15) is 40.0 Å². The average Bonchev–Trinajstić information content (AvgIpc) is 3.37. The van der Waals surface area contributed by atoms with Crippen molar-refractivity contribution in [3.63, 3.8) is 0 Å². The predicted octanol–water partition coefficient (Wildman–Crippen LogP) is 2.16. The molecule has 1 amide bonds. The lowest BCUT2D eigenvalue weighted by molar-refractivity contribution is -0.117. The van der Waals surface area contributed by atoms with Crippen LogP contribution in [0.4, 0.5) is 4.79 Å². The number of hydrogen-bond acceptors (Lipinski definition) is 5. The van der Waals surface area contributed by atoms with Gasteiger partial charge in [0.2, 0.25) is 0 Å². The molecule has 3 aliphatic rings. The second kappa shape index (κ2) is 5.76. The summed E-state index contributed by atoms with van der Waals surface area (Å²) in [7, 11) is 1.65. The van der Waals surface area contributed by atoms with Gasteiger partial charge in [0.05, 0.1) is 18.6 Å². The Morgan fingerprint density at radius 2 is 2.13 bits per heavy atom. The molecule has 130 valence electrons. The van der Waals surface area contributed by atoms with E-state index in [1.807, 2.05) is 0 Å². The number of rotatable bonds is 5. The molecular formula is C17H27NO5. The molecule has 2 saturated heterocycles. The number of epoxide rings is 2. The number of ether oxygens (including phenoxy) is 4. The van der Waals surface area contributed by atoms with Gasteiger partial charge in [0.15, 0.2) is 0 Å². The normalized spacial score (nSPS) is 44.7. The van der Waals surface area contributed by atoms with Crippen molar-refractivity contribution >= 4 is 6.09 Å². The van der Waals surface area contributed by atoms with Gasteiger partial charge >= 0.3 is 6.09 Å². The van der Waals surface area contributed by atoms with Crippen LogP contribution in [0.15, 0.2) is 11.6 Å². The fourth-order valence-electron chi connectivity index (χ4n) is 4.22. The van der Waals surface area contributed by atoms with Gasteiger partial charge in [-0.3, -0.25) is 0 Å². The second-order valence-electron chi connectivity index (χ2n) is 7.35. The van der Waals surface area contributed by atoms with Gasteiger partial charge in [-0.25, -0.2) is 4.79 Å². The van der Waals surface area contributed by atoms with Crippen molar-refractivity contribution in [2.24, 2.45) is 11.7 Å². The highest BCUT2D eigenvalue weighted by Gasteiger charge is 2.72. The molecule has 3 rings (SSSR count). The molecule has 0 aromatic heterocycles. The molecule has 0 aromatic rings. The van der Waals surface area contributed by atoms with Crippen molar-refractivity contribution in [1.82, 2.24) is 0 Å². The van der Waals surface area contributed by atoms with Gasteiger partial charge in [-0.2, -0.15) is 0 Å². The van der Waals surface area contributed by atoms with E-state index in [4.69, 9.17) is 24.7 Å². The zero-order chi connectivity index (χ0) is 16.8. The minimum atomic E-state index is -0.758. The maximum Gasteiger partial charge on any atom is 0.404 e. The van der Waals surface area contributed by atoms with Crippen molar-refractivity contribution in [2.75, 3.05) is 13.7 Å². The zero-order valence-electron chi connectivity index (χ0n) is 14.3. The molecule has 1 aliphatic carbocycles. The third-order valence-corrected chi connectivity index (χ3v) is 5.50. The van der Waals surface area contributed by atoms with Crippen LogP contribution in [0.3, 0.4) is 0 Å². The number of methoxy groups -OCH3 is 1. The van der Waals surface area contributed by atoms with Crippen molar-refractivity contribution in [1.29, 1.82) is 0 Å². The maximum atomic E-state index is 11.2. The molecule has 1 unspecified atom stereocenters. The van der Waals surface area contributed by atoms with Crippen molar-refractivity contribution in [3.8, 4) is 0 Å². The van der Waals surface area contributed by atoms with Crippen LogP contribution in [-0.4, -0.2) is 49.3 Å². The highest BCUT2D eigenvalue weighted by molar-refractivity contribution is 5.64. The topological polar surface area (TPSA) is 86.6 Å². The van der Waals surface area contributed by atoms with E-state index in [9.17, 15) is 4.79 Å². The summed E-state index contributed by atoms with van der Waals surface area (Å²) in [6, 6.07) is 0. The van der Waals surface area contributed by atoms with Crippen molar-refractivity contribution in [3.05, 3.63) is 11.6 Å². The third kappa shape index (κ3) is 2.99. The Bertz CT molecular complexity index is 511. The lowest BCUT2D eigenvalue weighted by Gasteiger charge is -2.42. The van der Waals surface area contributed by atoms with E-state index < -0.39 is 6.09 Å². The van der Waals surface area contributed by atoms with E-state index in [0.717, 1.165) is 19.4 Å². The second-order valence-corrected chi connectivity index (χ2v) is 7.35. The smallest absolute Gasteiger partial charge is 0.404 e. The average molecular weight is 325 g/mol. The van der Waals surface area contributed by atoms with E-state index in [2.05, 4.69) is 26.8 Å². The van der Waals surface area contributed by atoms with Gasteiger partial charge in [-0.1, -0.05) is 11.6 Å². The van der Waals surface area contributed by atoms with E-state index in [1.165, 1.54) is 5.57 Å². The zero-order valence-corrected chi connectivity index (χ0v) is 14.3. The standard InChI is InChI=1S/C17H27NO5/c1-10(2)5-6-12-16(3,23-12)14-13(20-4)11(22-15(18)19)7-8-17(14)9-21-17/h5,11-14H,6-9H2,1-4H3,(H2,18,19)/t11-,12-,13-,14-,16?,17+/m1/s1. The Morgan fingerprint density at radius 1 is 1.43 bits per heavy atom. The molecule has 2 heterocycles. The summed E-state index contributed by atoms with van der Waals surface area (Å²) in [6.07, 6.45) is 3.39. The molecule has 0 bridgehead atoms. The molecule has 2 N–H and O–H groups in total. The third-order valence-electron chi connectivity index (χ3n) is 5.50. The number of carbonyl (C=O) groups is 1. The van der Waals surface area contributed by atoms with Crippen LogP contribution in [0.2, 0.25) is 0 Å². The van der Waals surface area contributed by atoms with Gasteiger partial charge in [0, 0.05) is 7.11 Å². The first kappa shape index (κ1) is 16.7. The lowest BCUT2D eigenvalue weighted by Crippen LogP contribution is -2.55. The van der Waals surface area contributed by atoms with Crippen LogP contribution < -0.4 is 5.73 Å². The Kier molecular flexibility index (Phi) is 4.19. The van der Waals surface area contributed by atoms with E-state index in [-0.39, 0.29) is 35.4 Å². The fraction of sp³-hybridized carbons (Fsp3) is 0.824. The van der Waals surface area contributed by atoms with Crippen molar-refractivity contribution in [2.45, 2.75) is 69.5 Å². The minimum Gasteiger partial charge on any atom is -0.444 e. The number of nitrogens with two attached hydrogens (primary N) is 1. The van der Waals surface area contributed by atoms with Gasteiger partial charge in [-0.05, 0) is 40.0 Å². The first-order valence-electron chi connectivity index (χ1n) is 8.26. The maximum absolute atomic E-state index is 11.2. The largest absolute Gasteiger partial charge is 0.444 e. The van der Waals surface area contributed by atoms with Crippen LogP contribution in [-0.2, 0) is 18.9 Å². The van der Waals surface area contributed by atoms with Crippen molar-refractivity contribution < 1.29 is 23.7 Å². The first-order valence-corrected chi connectivity index (χ1v) is 8.26. The highest BCUT2D eigenvalue weighted by Crippen LogP contribution is 2.59. The van der Waals surface area contributed by atoms with E-state index in [0.29, 0.717) is 6.42 Å². The molecule has 6 nitrogen and oxygen atoms in total. The van der Waals surface area contributed by atoms with Gasteiger partial charge in [-0.15, -0.1) is 0 Å². The molecule has 0 radical (unpaired) electrons. The molecule has 6 heteroatoms. The Morgan fingerprint density at radius 3 is 2.65 bits per heavy atom. The highest BCUT2D eigenvalue weighted by atomic mass is 16.6. The summed E-state index contributed by atoms with van der Waals surface area (Å²) in [5, 5.41) is 0. The molecule has 2 aliphatic heterocycles. The van der Waals surface area contributed by atoms with Gasteiger partial charge < -0.3 is 24.7 Å². The number of allylic oxidation sites excluding steroid dienone is 1. The number of hydrogen-bond donors (Lipinski definition) is 1. The van der Waals surface area contributed by atoms with E-state index >= 15 is 0 Å². The van der Waals surface area contributed by atoms with Crippen LogP contribution in [0.5, 0.6) is 0 Å². The quantitative estimate of drug-likeness (QED) is 0.618.